The first-order chi connectivity index (χ1) is 15.5. The molecule has 1 atom stereocenters. The number of amides is 1. The molecule has 0 fully saturated rings. The molecule has 0 saturated heterocycles. The van der Waals surface area contributed by atoms with Crippen molar-refractivity contribution in [3.63, 3.8) is 0 Å². The van der Waals surface area contributed by atoms with E-state index in [0.717, 1.165) is 28.6 Å². The molecule has 1 unspecified atom stereocenters. The Morgan fingerprint density at radius 1 is 1.16 bits per heavy atom. The van der Waals surface area contributed by atoms with E-state index in [9.17, 15) is 9.59 Å². The van der Waals surface area contributed by atoms with Gasteiger partial charge in [0.05, 0.1) is 16.8 Å². The van der Waals surface area contributed by atoms with E-state index >= 15 is 0 Å². The summed E-state index contributed by atoms with van der Waals surface area (Å²) in [6, 6.07) is 15.2. The second kappa shape index (κ2) is 10.0. The minimum Gasteiger partial charge on any atom is -0.291 e. The molecule has 0 radical (unpaired) electrons. The van der Waals surface area contributed by atoms with Crippen LogP contribution >= 0.6 is 27.7 Å². The Morgan fingerprint density at radius 3 is 2.66 bits per heavy atom. The number of rotatable bonds is 7. The molecule has 0 aliphatic carbocycles. The molecule has 1 aromatic heterocycles. The maximum absolute atomic E-state index is 13.3. The summed E-state index contributed by atoms with van der Waals surface area (Å²) < 4.78 is 2.56. The predicted octanol–water partition coefficient (Wildman–Crippen LogP) is 5.07. The molecule has 6 nitrogen and oxygen atoms in total. The highest BCUT2D eigenvalue weighted by Crippen LogP contribution is 2.38. The van der Waals surface area contributed by atoms with Gasteiger partial charge in [-0.1, -0.05) is 78.1 Å². The van der Waals surface area contributed by atoms with Crippen molar-refractivity contribution in [1.82, 2.24) is 10.1 Å². The van der Waals surface area contributed by atoms with Crippen LogP contribution in [0.25, 0.3) is 11.3 Å². The zero-order valence-corrected chi connectivity index (χ0v) is 20.6. The van der Waals surface area contributed by atoms with Crippen LogP contribution in [0.5, 0.6) is 0 Å². The monoisotopic (exact) mass is 513 g/mol. The van der Waals surface area contributed by atoms with Crippen LogP contribution in [0, 0.1) is 0 Å². The number of carbonyl (C=O) groups excluding carboxylic acids is 1. The molecule has 3 aromatic rings. The number of aromatic nitrogens is 3. The molecule has 0 spiro atoms. The van der Waals surface area contributed by atoms with E-state index < -0.39 is 6.17 Å². The van der Waals surface area contributed by atoms with Gasteiger partial charge in [-0.15, -0.1) is 0 Å². The van der Waals surface area contributed by atoms with E-state index in [1.165, 1.54) is 12.8 Å². The molecule has 1 aliphatic heterocycles. The summed E-state index contributed by atoms with van der Waals surface area (Å²) in [5, 5.41) is 5.40. The Hall–Kier alpha value is -2.45. The second-order valence-corrected chi connectivity index (χ2v) is 9.70. The van der Waals surface area contributed by atoms with Gasteiger partial charge < -0.3 is 0 Å². The third kappa shape index (κ3) is 4.38. The van der Waals surface area contributed by atoms with Crippen molar-refractivity contribution in [3.05, 3.63) is 68.9 Å². The lowest BCUT2D eigenvalue weighted by Gasteiger charge is -2.31. The lowest BCUT2D eigenvalue weighted by atomic mass is 10.0. The minimum atomic E-state index is -0.574. The van der Waals surface area contributed by atoms with Crippen molar-refractivity contribution in [2.45, 2.75) is 50.9 Å². The number of H-pyrrole nitrogens is 1. The molecule has 1 aliphatic rings. The van der Waals surface area contributed by atoms with Crippen LogP contribution in [0.1, 0.15) is 51.3 Å². The third-order valence-electron chi connectivity index (χ3n) is 5.52. The Bertz CT molecular complexity index is 1200. The topological polar surface area (TPSA) is 69.9 Å². The number of carbonyl (C=O) groups is 1. The summed E-state index contributed by atoms with van der Waals surface area (Å²) in [6.45, 7) is 3.73. The first-order valence-electron chi connectivity index (χ1n) is 10.9. The van der Waals surface area contributed by atoms with Crippen LogP contribution in [0.3, 0.4) is 0 Å². The average Bonchev–Trinajstić information content (AvgIpc) is 2.78. The number of aromatic amines is 1. The zero-order chi connectivity index (χ0) is 22.7. The molecule has 1 N–H and O–H groups in total. The maximum atomic E-state index is 13.3. The predicted molar refractivity (Wildman–Crippen MR) is 131 cm³/mol. The summed E-state index contributed by atoms with van der Waals surface area (Å²) >= 11 is 5.18. The number of para-hydroxylation sites is 1. The lowest BCUT2D eigenvalue weighted by molar-refractivity contribution is -0.763. The maximum Gasteiger partial charge on any atom is 0.325 e. The molecular weight excluding hydrogens is 488 g/mol. The Morgan fingerprint density at radius 2 is 1.91 bits per heavy atom. The van der Waals surface area contributed by atoms with Crippen LogP contribution in [0.2, 0.25) is 0 Å². The van der Waals surface area contributed by atoms with Gasteiger partial charge in [0.25, 0.3) is 6.17 Å². The molecule has 2 heterocycles. The van der Waals surface area contributed by atoms with Crippen LogP contribution in [0.15, 0.2) is 63.0 Å². The van der Waals surface area contributed by atoms with Crippen molar-refractivity contribution in [2.24, 2.45) is 0 Å². The van der Waals surface area contributed by atoms with Gasteiger partial charge in [-0.2, -0.15) is 0 Å². The lowest BCUT2D eigenvalue weighted by Crippen LogP contribution is -2.60. The van der Waals surface area contributed by atoms with Crippen molar-refractivity contribution in [1.29, 1.82) is 0 Å². The van der Waals surface area contributed by atoms with E-state index in [0.29, 0.717) is 22.1 Å². The number of hydrogen-bond acceptors (Lipinski definition) is 4. The van der Waals surface area contributed by atoms with Crippen molar-refractivity contribution < 1.29 is 9.48 Å². The number of anilines is 1. The van der Waals surface area contributed by atoms with E-state index in [4.69, 9.17) is 5.10 Å². The van der Waals surface area contributed by atoms with E-state index in [2.05, 4.69) is 27.8 Å². The first-order valence-corrected chi connectivity index (χ1v) is 12.6. The third-order valence-corrected chi connectivity index (χ3v) is 7.19. The van der Waals surface area contributed by atoms with Gasteiger partial charge in [-0.25, -0.2) is 4.90 Å². The van der Waals surface area contributed by atoms with Gasteiger partial charge in [-0.3, -0.25) is 14.6 Å². The number of fused-ring (bicyclic) bond motifs is 3. The SMILES string of the molecule is CCCCCCSc1n[n+]2c(c(=O)[nH]1)-c1ccccc1N(C(C)=O)C2c1ccccc1Br. The zero-order valence-electron chi connectivity index (χ0n) is 18.2. The Balaban J connectivity index is 1.87. The molecule has 8 heteroatoms. The number of unbranched alkanes of at least 4 members (excludes halogenated alkanes) is 3. The highest BCUT2D eigenvalue weighted by molar-refractivity contribution is 9.10. The molecule has 0 bridgehead atoms. The van der Waals surface area contributed by atoms with Gasteiger partial charge in [0.1, 0.15) is 0 Å². The van der Waals surface area contributed by atoms with Crippen LogP contribution in [0.4, 0.5) is 5.69 Å². The van der Waals surface area contributed by atoms with E-state index in [1.807, 2.05) is 48.5 Å². The minimum absolute atomic E-state index is 0.118. The van der Waals surface area contributed by atoms with Crippen molar-refractivity contribution in [2.75, 3.05) is 10.7 Å². The van der Waals surface area contributed by atoms with Crippen LogP contribution in [-0.2, 0) is 4.79 Å². The van der Waals surface area contributed by atoms with Gasteiger partial charge >= 0.3 is 11.3 Å². The fourth-order valence-electron chi connectivity index (χ4n) is 4.04. The average molecular weight is 514 g/mol. The largest absolute Gasteiger partial charge is 0.325 e. The second-order valence-electron chi connectivity index (χ2n) is 7.76. The molecule has 4 rings (SSSR count). The molecule has 166 valence electrons. The summed E-state index contributed by atoms with van der Waals surface area (Å²) in [5.74, 6) is 0.766. The standard InChI is InChI=1S/C24H25BrN4O2S/c1-3-4-5-10-15-32-24-26-22(31)21-18-12-7-9-14-20(18)28(16(2)30)23(29(21)27-24)17-11-6-8-13-19(17)25/h6-9,11-14,23H,3-5,10,15H2,1-2H3/p+1. The Labute approximate surface area is 200 Å². The van der Waals surface area contributed by atoms with Crippen LogP contribution < -0.4 is 15.1 Å². The molecule has 32 heavy (non-hydrogen) atoms. The molecule has 2 aromatic carbocycles. The fourth-order valence-corrected chi connectivity index (χ4v) is 5.38. The highest BCUT2D eigenvalue weighted by Gasteiger charge is 2.45. The first kappa shape index (κ1) is 22.7. The van der Waals surface area contributed by atoms with Gasteiger partial charge in [0.2, 0.25) is 11.1 Å². The fraction of sp³-hybridized carbons (Fsp3) is 0.333. The number of benzene rings is 2. The van der Waals surface area contributed by atoms with E-state index in [1.54, 1.807) is 28.3 Å². The molecular formula is C24H26BrN4O2S+. The van der Waals surface area contributed by atoms with Gasteiger partial charge in [0, 0.05) is 22.2 Å². The summed E-state index contributed by atoms with van der Waals surface area (Å²) in [7, 11) is 0. The summed E-state index contributed by atoms with van der Waals surface area (Å²) in [4.78, 5) is 30.8. The summed E-state index contributed by atoms with van der Waals surface area (Å²) in [5.41, 5.74) is 2.51. The normalized spacial score (nSPS) is 14.7. The van der Waals surface area contributed by atoms with Gasteiger partial charge in [-0.05, 0) is 35.4 Å². The number of nitrogens with zero attached hydrogens (tertiary/aromatic N) is 3. The van der Waals surface area contributed by atoms with Crippen LogP contribution in [-0.4, -0.2) is 21.7 Å². The Kier molecular flexibility index (Phi) is 7.10. The highest BCUT2D eigenvalue weighted by atomic mass is 79.9. The van der Waals surface area contributed by atoms with Crippen molar-refractivity contribution in [3.8, 4) is 11.3 Å². The number of thioether (sulfide) groups is 1. The smallest absolute Gasteiger partial charge is 0.291 e. The number of hydrogen-bond donors (Lipinski definition) is 1. The van der Waals surface area contributed by atoms with E-state index in [-0.39, 0.29) is 11.5 Å². The molecule has 0 saturated carbocycles. The quantitative estimate of drug-likeness (QED) is 0.272. The number of nitrogens with one attached hydrogen (secondary N) is 1. The number of halogens is 1. The molecule has 1 amide bonds. The van der Waals surface area contributed by atoms with Gasteiger partial charge in [0.15, 0.2) is 0 Å². The summed E-state index contributed by atoms with van der Waals surface area (Å²) in [6.07, 6.45) is 4.05. The van der Waals surface area contributed by atoms with Crippen molar-refractivity contribution >= 4 is 39.3 Å².